The van der Waals surface area contributed by atoms with Crippen molar-refractivity contribution in [3.63, 3.8) is 0 Å². The molecule has 148 valence electrons. The molecule has 1 aromatic rings. The summed E-state index contributed by atoms with van der Waals surface area (Å²) in [7, 11) is 1.75. The Morgan fingerprint density at radius 2 is 1.96 bits per heavy atom. The largest absolute Gasteiger partial charge is 0.444 e. The van der Waals surface area contributed by atoms with Gasteiger partial charge in [0.15, 0.2) is 0 Å². The first kappa shape index (κ1) is 21.3. The highest BCUT2D eigenvalue weighted by atomic mass is 35.5. The van der Waals surface area contributed by atoms with Crippen LogP contribution < -0.4 is 0 Å². The minimum absolute atomic E-state index is 0.00503. The Hall–Kier alpha value is -2.01. The lowest BCUT2D eigenvalue weighted by Crippen LogP contribution is -2.44. The van der Waals surface area contributed by atoms with Gasteiger partial charge in [-0.05, 0) is 63.3 Å². The molecule has 5 nitrogen and oxygen atoms in total. The van der Waals surface area contributed by atoms with Gasteiger partial charge in [-0.15, -0.1) is 0 Å². The Balaban J connectivity index is 1.88. The first-order valence-corrected chi connectivity index (χ1v) is 9.68. The summed E-state index contributed by atoms with van der Waals surface area (Å²) in [6.45, 7) is 7.54. The van der Waals surface area contributed by atoms with Crippen molar-refractivity contribution in [1.29, 1.82) is 0 Å². The number of piperidine rings is 1. The maximum Gasteiger partial charge on any atom is 0.410 e. The monoisotopic (exact) mass is 392 g/mol. The van der Waals surface area contributed by atoms with Gasteiger partial charge in [-0.2, -0.15) is 0 Å². The van der Waals surface area contributed by atoms with Gasteiger partial charge >= 0.3 is 6.09 Å². The molecule has 1 fully saturated rings. The van der Waals surface area contributed by atoms with Crippen LogP contribution in [-0.2, 0) is 9.53 Å². The number of halogens is 1. The Bertz CT molecular complexity index is 680. The molecule has 1 aliphatic rings. The zero-order chi connectivity index (χ0) is 20.0. The van der Waals surface area contributed by atoms with Gasteiger partial charge in [0.2, 0.25) is 5.91 Å². The Morgan fingerprint density at radius 1 is 1.30 bits per heavy atom. The van der Waals surface area contributed by atoms with Crippen LogP contribution in [0, 0.1) is 5.92 Å². The van der Waals surface area contributed by atoms with Crippen molar-refractivity contribution in [3.8, 4) is 0 Å². The Kier molecular flexibility index (Phi) is 7.31. The molecule has 27 heavy (non-hydrogen) atoms. The average molecular weight is 393 g/mol. The summed E-state index contributed by atoms with van der Waals surface area (Å²) in [5, 5.41) is 0.673. The van der Waals surface area contributed by atoms with Crippen molar-refractivity contribution in [2.45, 2.75) is 39.2 Å². The Morgan fingerprint density at radius 3 is 2.59 bits per heavy atom. The second kappa shape index (κ2) is 9.27. The summed E-state index contributed by atoms with van der Waals surface area (Å²) in [4.78, 5) is 28.1. The molecule has 1 aliphatic heterocycles. The molecule has 0 saturated carbocycles. The zero-order valence-electron chi connectivity index (χ0n) is 16.6. The van der Waals surface area contributed by atoms with Gasteiger partial charge in [0.05, 0.1) is 0 Å². The molecule has 0 aromatic heterocycles. The summed E-state index contributed by atoms with van der Waals surface area (Å²) in [6.07, 6.45) is 5.01. The third kappa shape index (κ3) is 7.25. The van der Waals surface area contributed by atoms with Gasteiger partial charge in [0.1, 0.15) is 5.60 Å². The summed E-state index contributed by atoms with van der Waals surface area (Å²) < 4.78 is 5.40. The fourth-order valence-electron chi connectivity index (χ4n) is 3.06. The van der Waals surface area contributed by atoms with Crippen molar-refractivity contribution in [1.82, 2.24) is 9.80 Å². The van der Waals surface area contributed by atoms with Crippen LogP contribution in [0.25, 0.3) is 6.08 Å². The number of hydrogen-bond acceptors (Lipinski definition) is 3. The van der Waals surface area contributed by atoms with Gasteiger partial charge in [-0.3, -0.25) is 4.79 Å². The predicted molar refractivity (Wildman–Crippen MR) is 109 cm³/mol. The fraction of sp³-hybridized carbons (Fsp3) is 0.524. The van der Waals surface area contributed by atoms with E-state index in [-0.39, 0.29) is 17.9 Å². The molecule has 1 saturated heterocycles. The van der Waals surface area contributed by atoms with E-state index in [1.54, 1.807) is 36.2 Å². The van der Waals surface area contributed by atoms with Crippen LogP contribution in [0.3, 0.4) is 0 Å². The van der Waals surface area contributed by atoms with Gasteiger partial charge in [-0.1, -0.05) is 23.7 Å². The van der Waals surface area contributed by atoms with E-state index < -0.39 is 5.60 Å². The van der Waals surface area contributed by atoms with E-state index in [9.17, 15) is 9.59 Å². The van der Waals surface area contributed by atoms with E-state index in [1.165, 1.54) is 0 Å². The fourth-order valence-corrected chi connectivity index (χ4v) is 3.19. The van der Waals surface area contributed by atoms with Crippen molar-refractivity contribution >= 4 is 29.7 Å². The first-order chi connectivity index (χ1) is 12.6. The molecule has 1 heterocycles. The number of rotatable bonds is 4. The normalized spacial score (nSPS) is 17.8. The highest BCUT2D eigenvalue weighted by molar-refractivity contribution is 6.30. The molecule has 0 bridgehead atoms. The topological polar surface area (TPSA) is 49.9 Å². The lowest BCUT2D eigenvalue weighted by Gasteiger charge is -2.34. The highest BCUT2D eigenvalue weighted by Gasteiger charge is 2.26. The van der Waals surface area contributed by atoms with Crippen LogP contribution in [0.5, 0.6) is 0 Å². The van der Waals surface area contributed by atoms with Crippen LogP contribution >= 0.6 is 11.6 Å². The van der Waals surface area contributed by atoms with Crippen LogP contribution in [0.2, 0.25) is 5.02 Å². The van der Waals surface area contributed by atoms with Crippen LogP contribution in [-0.4, -0.2) is 54.1 Å². The van der Waals surface area contributed by atoms with Gasteiger partial charge in [0, 0.05) is 37.8 Å². The second-order valence-corrected chi connectivity index (χ2v) is 8.47. The summed E-state index contributed by atoms with van der Waals surface area (Å²) in [6, 6.07) is 7.35. The molecule has 0 radical (unpaired) electrons. The number of likely N-dealkylation sites (tertiary alicyclic amines) is 1. The lowest BCUT2D eigenvalue weighted by molar-refractivity contribution is -0.127. The quantitative estimate of drug-likeness (QED) is 0.711. The van der Waals surface area contributed by atoms with Crippen LogP contribution in [0.15, 0.2) is 30.3 Å². The SMILES string of the molecule is CN(CC1CCCN(C(=O)/C=C/c2ccc(Cl)cc2)C1)C(=O)OC(C)(C)C. The maximum absolute atomic E-state index is 12.5. The van der Waals surface area contributed by atoms with Crippen molar-refractivity contribution in [3.05, 3.63) is 40.9 Å². The molecule has 1 atom stereocenters. The molecule has 1 aromatic carbocycles. The third-order valence-corrected chi connectivity index (χ3v) is 4.61. The van der Waals surface area contributed by atoms with E-state index in [0.717, 1.165) is 24.9 Å². The number of nitrogens with zero attached hydrogens (tertiary/aromatic N) is 2. The number of benzene rings is 1. The smallest absolute Gasteiger partial charge is 0.410 e. The minimum Gasteiger partial charge on any atom is -0.444 e. The summed E-state index contributed by atoms with van der Waals surface area (Å²) >= 11 is 5.88. The molecule has 1 unspecified atom stereocenters. The highest BCUT2D eigenvalue weighted by Crippen LogP contribution is 2.19. The number of carbonyl (C=O) groups is 2. The van der Waals surface area contributed by atoms with E-state index in [0.29, 0.717) is 18.1 Å². The van der Waals surface area contributed by atoms with Crippen molar-refractivity contribution < 1.29 is 14.3 Å². The summed E-state index contributed by atoms with van der Waals surface area (Å²) in [5.74, 6) is 0.249. The summed E-state index contributed by atoms with van der Waals surface area (Å²) in [5.41, 5.74) is 0.429. The number of hydrogen-bond donors (Lipinski definition) is 0. The predicted octanol–water partition coefficient (Wildman–Crippen LogP) is 4.46. The zero-order valence-corrected chi connectivity index (χ0v) is 17.3. The molecule has 6 heteroatoms. The van der Waals surface area contributed by atoms with E-state index in [4.69, 9.17) is 16.3 Å². The molecule has 0 aliphatic carbocycles. The van der Waals surface area contributed by atoms with Crippen molar-refractivity contribution in [2.24, 2.45) is 5.92 Å². The number of ether oxygens (including phenoxy) is 1. The molecule has 0 N–H and O–H groups in total. The second-order valence-electron chi connectivity index (χ2n) is 8.04. The molecule has 2 rings (SSSR count). The third-order valence-electron chi connectivity index (χ3n) is 4.36. The molecule has 2 amide bonds. The molecule has 0 spiro atoms. The molecular formula is C21H29ClN2O3. The van der Waals surface area contributed by atoms with E-state index in [2.05, 4.69) is 0 Å². The van der Waals surface area contributed by atoms with Gasteiger partial charge in [0.25, 0.3) is 0 Å². The van der Waals surface area contributed by atoms with Crippen LogP contribution in [0.4, 0.5) is 4.79 Å². The van der Waals surface area contributed by atoms with Crippen LogP contribution in [0.1, 0.15) is 39.2 Å². The minimum atomic E-state index is -0.508. The standard InChI is InChI=1S/C21H29ClN2O3/c1-21(2,3)27-20(26)23(4)14-17-6-5-13-24(15-17)19(25)12-9-16-7-10-18(22)11-8-16/h7-12,17H,5-6,13-15H2,1-4H3/b12-9+. The van der Waals surface area contributed by atoms with E-state index in [1.807, 2.05) is 37.8 Å². The van der Waals surface area contributed by atoms with Gasteiger partial charge < -0.3 is 14.5 Å². The number of carbonyl (C=O) groups excluding carboxylic acids is 2. The van der Waals surface area contributed by atoms with Crippen molar-refractivity contribution in [2.75, 3.05) is 26.7 Å². The van der Waals surface area contributed by atoms with E-state index >= 15 is 0 Å². The maximum atomic E-state index is 12.5. The average Bonchev–Trinajstić information content (AvgIpc) is 2.59. The molecular weight excluding hydrogens is 364 g/mol. The Labute approximate surface area is 166 Å². The first-order valence-electron chi connectivity index (χ1n) is 9.31. The van der Waals surface area contributed by atoms with Gasteiger partial charge in [-0.25, -0.2) is 4.79 Å². The number of amides is 2. The lowest BCUT2D eigenvalue weighted by atomic mass is 9.97.